The van der Waals surface area contributed by atoms with Gasteiger partial charge in [0.05, 0.1) is 30.1 Å². The van der Waals surface area contributed by atoms with Gasteiger partial charge in [0, 0.05) is 0 Å². The van der Waals surface area contributed by atoms with E-state index in [2.05, 4.69) is 10.3 Å². The van der Waals surface area contributed by atoms with Crippen molar-refractivity contribution in [3.8, 4) is 5.75 Å². The molecule has 0 aliphatic rings. The van der Waals surface area contributed by atoms with Crippen molar-refractivity contribution in [2.45, 2.75) is 27.3 Å². The number of hydrogen-bond donors (Lipinski definition) is 2. The molecule has 0 atom stereocenters. The Morgan fingerprint density at radius 1 is 1.43 bits per heavy atom. The van der Waals surface area contributed by atoms with Gasteiger partial charge in [-0.15, -0.1) is 0 Å². The van der Waals surface area contributed by atoms with E-state index < -0.39 is 0 Å². The highest BCUT2D eigenvalue weighted by atomic mass is 16.5. The second-order valence-corrected chi connectivity index (χ2v) is 4.59. The molecule has 112 valence electrons. The molecular formula is C15H19N3O3. The maximum Gasteiger partial charge on any atom is 0.255 e. The summed E-state index contributed by atoms with van der Waals surface area (Å²) >= 11 is 0. The fourth-order valence-corrected chi connectivity index (χ4v) is 1.91. The molecule has 3 N–H and O–H groups in total. The van der Waals surface area contributed by atoms with Gasteiger partial charge in [-0.1, -0.05) is 6.07 Å². The first-order valence-corrected chi connectivity index (χ1v) is 6.75. The summed E-state index contributed by atoms with van der Waals surface area (Å²) in [5.41, 5.74) is 7.49. The average molecular weight is 289 g/mol. The number of nitrogen functional groups attached to an aromatic ring is 1. The zero-order chi connectivity index (χ0) is 15.4. The molecule has 21 heavy (non-hydrogen) atoms. The number of nitrogens with two attached hydrogens (primary N) is 1. The predicted molar refractivity (Wildman–Crippen MR) is 79.2 cm³/mol. The van der Waals surface area contributed by atoms with E-state index in [4.69, 9.17) is 14.9 Å². The molecule has 0 saturated heterocycles. The number of nitrogens with one attached hydrogen (secondary N) is 1. The lowest BCUT2D eigenvalue weighted by Gasteiger charge is -2.12. The van der Waals surface area contributed by atoms with Crippen LogP contribution in [0, 0.1) is 13.8 Å². The number of anilines is 1. The van der Waals surface area contributed by atoms with Gasteiger partial charge < -0.3 is 20.2 Å². The fourth-order valence-electron chi connectivity index (χ4n) is 1.91. The Kier molecular flexibility index (Phi) is 4.47. The molecule has 0 bridgehead atoms. The van der Waals surface area contributed by atoms with Crippen LogP contribution in [-0.2, 0) is 6.54 Å². The number of hydrogen-bond acceptors (Lipinski definition) is 5. The van der Waals surface area contributed by atoms with Crippen molar-refractivity contribution in [2.75, 3.05) is 12.3 Å². The number of rotatable bonds is 5. The number of benzene rings is 1. The molecule has 1 aromatic heterocycles. The van der Waals surface area contributed by atoms with E-state index in [1.54, 1.807) is 18.2 Å². The highest BCUT2D eigenvalue weighted by Gasteiger charge is 2.15. The van der Waals surface area contributed by atoms with Gasteiger partial charge >= 0.3 is 0 Å². The molecule has 1 heterocycles. The third-order valence-electron chi connectivity index (χ3n) is 3.05. The second-order valence-electron chi connectivity index (χ2n) is 4.59. The summed E-state index contributed by atoms with van der Waals surface area (Å²) in [6, 6.07) is 5.08. The Hall–Kier alpha value is -2.50. The van der Waals surface area contributed by atoms with Gasteiger partial charge in [0.15, 0.2) is 5.75 Å². The van der Waals surface area contributed by atoms with Crippen molar-refractivity contribution in [1.82, 2.24) is 10.3 Å². The summed E-state index contributed by atoms with van der Waals surface area (Å²) in [6.45, 7) is 6.18. The average Bonchev–Trinajstić information content (AvgIpc) is 2.77. The van der Waals surface area contributed by atoms with Gasteiger partial charge in [0.2, 0.25) is 5.89 Å². The molecule has 0 radical (unpaired) electrons. The number of aromatic nitrogens is 1. The largest absolute Gasteiger partial charge is 0.491 e. The Bertz CT molecular complexity index is 630. The predicted octanol–water partition coefficient (Wildman–Crippen LogP) is 2.20. The summed E-state index contributed by atoms with van der Waals surface area (Å²) in [7, 11) is 0. The molecule has 6 heteroatoms. The highest BCUT2D eigenvalue weighted by molar-refractivity contribution is 5.98. The van der Waals surface area contributed by atoms with Gasteiger partial charge in [-0.2, -0.15) is 0 Å². The maximum absolute atomic E-state index is 12.2. The number of carbonyl (C=O) groups excluding carboxylic acids is 1. The topological polar surface area (TPSA) is 90.4 Å². The van der Waals surface area contributed by atoms with Crippen LogP contribution < -0.4 is 15.8 Å². The van der Waals surface area contributed by atoms with Crippen LogP contribution in [0.5, 0.6) is 5.75 Å². The van der Waals surface area contributed by atoms with Crippen LogP contribution in [0.1, 0.15) is 34.6 Å². The molecular weight excluding hydrogens is 270 g/mol. The minimum absolute atomic E-state index is 0.216. The monoisotopic (exact) mass is 289 g/mol. The molecule has 2 rings (SSSR count). The number of carbonyl (C=O) groups is 1. The SMILES string of the molecule is CCOc1c(N)cccc1C(=O)NCc1nc(C)c(C)o1. The minimum atomic E-state index is -0.278. The standard InChI is InChI=1S/C15H19N3O3/c1-4-20-14-11(6-5-7-12(14)16)15(19)17-8-13-18-9(2)10(3)21-13/h5-7H,4,8,16H2,1-3H3,(H,17,19). The zero-order valence-corrected chi connectivity index (χ0v) is 12.4. The molecule has 2 aromatic rings. The highest BCUT2D eigenvalue weighted by Crippen LogP contribution is 2.26. The number of para-hydroxylation sites is 1. The van der Waals surface area contributed by atoms with Crippen molar-refractivity contribution < 1.29 is 13.9 Å². The number of nitrogens with zero attached hydrogens (tertiary/aromatic N) is 1. The molecule has 1 aromatic carbocycles. The van der Waals surface area contributed by atoms with E-state index >= 15 is 0 Å². The molecule has 0 unspecified atom stereocenters. The van der Waals surface area contributed by atoms with Crippen molar-refractivity contribution in [1.29, 1.82) is 0 Å². The maximum atomic E-state index is 12.2. The van der Waals surface area contributed by atoms with Crippen LogP contribution >= 0.6 is 0 Å². The van der Waals surface area contributed by atoms with Crippen LogP contribution in [0.3, 0.4) is 0 Å². The number of amides is 1. The lowest BCUT2D eigenvalue weighted by molar-refractivity contribution is 0.0943. The van der Waals surface area contributed by atoms with Crippen LogP contribution in [-0.4, -0.2) is 17.5 Å². The summed E-state index contributed by atoms with van der Waals surface area (Å²) in [4.78, 5) is 16.5. The summed E-state index contributed by atoms with van der Waals surface area (Å²) in [5, 5.41) is 2.75. The van der Waals surface area contributed by atoms with Gasteiger partial charge in [0.25, 0.3) is 5.91 Å². The Morgan fingerprint density at radius 2 is 2.19 bits per heavy atom. The third kappa shape index (κ3) is 3.34. The summed E-state index contributed by atoms with van der Waals surface area (Å²) in [6.07, 6.45) is 0. The molecule has 6 nitrogen and oxygen atoms in total. The summed E-state index contributed by atoms with van der Waals surface area (Å²) < 4.78 is 10.9. The van der Waals surface area contributed by atoms with Crippen molar-refractivity contribution in [2.24, 2.45) is 0 Å². The second kappa shape index (κ2) is 6.30. The van der Waals surface area contributed by atoms with Crippen molar-refractivity contribution in [3.63, 3.8) is 0 Å². The van der Waals surface area contributed by atoms with Gasteiger partial charge in [-0.05, 0) is 32.9 Å². The normalized spacial score (nSPS) is 10.4. The molecule has 0 aliphatic heterocycles. The van der Waals surface area contributed by atoms with Crippen LogP contribution in [0.15, 0.2) is 22.6 Å². The van der Waals surface area contributed by atoms with E-state index in [0.717, 1.165) is 11.5 Å². The Labute approximate surface area is 123 Å². The van der Waals surface area contributed by atoms with E-state index in [1.807, 2.05) is 20.8 Å². The van der Waals surface area contributed by atoms with Gasteiger partial charge in [-0.3, -0.25) is 4.79 Å². The quantitative estimate of drug-likeness (QED) is 0.823. The molecule has 0 aliphatic carbocycles. The van der Waals surface area contributed by atoms with Crippen LogP contribution in [0.4, 0.5) is 5.69 Å². The van der Waals surface area contributed by atoms with E-state index in [0.29, 0.717) is 29.5 Å². The Balaban J connectivity index is 2.11. The number of oxazole rings is 1. The van der Waals surface area contributed by atoms with Gasteiger partial charge in [-0.25, -0.2) is 4.98 Å². The first-order valence-electron chi connectivity index (χ1n) is 6.75. The molecule has 0 spiro atoms. The van der Waals surface area contributed by atoms with E-state index in [1.165, 1.54) is 0 Å². The zero-order valence-electron chi connectivity index (χ0n) is 12.4. The molecule has 0 saturated carbocycles. The molecule has 0 fully saturated rings. The van der Waals surface area contributed by atoms with Crippen LogP contribution in [0.2, 0.25) is 0 Å². The van der Waals surface area contributed by atoms with E-state index in [9.17, 15) is 4.79 Å². The van der Waals surface area contributed by atoms with Crippen LogP contribution in [0.25, 0.3) is 0 Å². The Morgan fingerprint density at radius 3 is 2.81 bits per heavy atom. The minimum Gasteiger partial charge on any atom is -0.491 e. The number of aryl methyl sites for hydroxylation is 2. The smallest absolute Gasteiger partial charge is 0.255 e. The van der Waals surface area contributed by atoms with Gasteiger partial charge in [0.1, 0.15) is 5.76 Å². The lowest BCUT2D eigenvalue weighted by Crippen LogP contribution is -2.24. The molecule has 1 amide bonds. The first-order chi connectivity index (χ1) is 10.0. The first kappa shape index (κ1) is 14.9. The fraction of sp³-hybridized carbons (Fsp3) is 0.333. The van der Waals surface area contributed by atoms with Crippen molar-refractivity contribution >= 4 is 11.6 Å². The summed E-state index contributed by atoms with van der Waals surface area (Å²) in [5.74, 6) is 1.34. The van der Waals surface area contributed by atoms with Crippen molar-refractivity contribution in [3.05, 3.63) is 41.1 Å². The number of ether oxygens (including phenoxy) is 1. The van der Waals surface area contributed by atoms with E-state index in [-0.39, 0.29) is 12.5 Å². The lowest BCUT2D eigenvalue weighted by atomic mass is 10.1. The third-order valence-corrected chi connectivity index (χ3v) is 3.05.